The number of anilines is 1. The molecular weight excluding hydrogens is 232 g/mol. The highest BCUT2D eigenvalue weighted by molar-refractivity contribution is 6.07. The van der Waals surface area contributed by atoms with E-state index in [0.717, 1.165) is 25.1 Å². The quantitative estimate of drug-likeness (QED) is 0.793. The Bertz CT molecular complexity index is 492. The largest absolute Gasteiger partial charge is 0.371 e. The average Bonchev–Trinajstić information content (AvgIpc) is 3.00. The van der Waals surface area contributed by atoms with Gasteiger partial charge in [-0.3, -0.25) is 19.2 Å². The van der Waals surface area contributed by atoms with Crippen LogP contribution < -0.4 is 5.32 Å². The minimum Gasteiger partial charge on any atom is -0.371 e. The van der Waals surface area contributed by atoms with E-state index in [2.05, 4.69) is 10.4 Å². The predicted octanol–water partition coefficient (Wildman–Crippen LogP) is 0.605. The van der Waals surface area contributed by atoms with Gasteiger partial charge in [-0.2, -0.15) is 5.10 Å². The first-order chi connectivity index (χ1) is 8.69. The third-order valence-electron chi connectivity index (χ3n) is 3.39. The summed E-state index contributed by atoms with van der Waals surface area (Å²) in [5.74, 6) is -0.144. The number of nitrogens with one attached hydrogen (secondary N) is 1. The highest BCUT2D eigenvalue weighted by Gasteiger charge is 2.46. The maximum atomic E-state index is 12.1. The van der Waals surface area contributed by atoms with Gasteiger partial charge in [0.25, 0.3) is 5.91 Å². The fraction of sp³-hybridized carbons (Fsp3) is 0.583. The summed E-state index contributed by atoms with van der Waals surface area (Å²) >= 11 is 0. The molecule has 1 aliphatic heterocycles. The van der Waals surface area contributed by atoms with Crippen molar-refractivity contribution in [2.24, 2.45) is 0 Å². The molecule has 0 spiro atoms. The lowest BCUT2D eigenvalue weighted by Crippen LogP contribution is -2.36. The number of carbonyl (C=O) groups excluding carboxylic acids is 2. The summed E-state index contributed by atoms with van der Waals surface area (Å²) in [6, 6.07) is -0.261. The molecule has 1 N–H and O–H groups in total. The van der Waals surface area contributed by atoms with Crippen molar-refractivity contribution in [3.63, 3.8) is 0 Å². The van der Waals surface area contributed by atoms with E-state index < -0.39 is 6.04 Å². The number of aromatic nitrogens is 2. The Kier molecular flexibility index (Phi) is 2.57. The molecule has 18 heavy (non-hydrogen) atoms. The van der Waals surface area contributed by atoms with Crippen molar-refractivity contribution in [3.05, 3.63) is 12.4 Å². The van der Waals surface area contributed by atoms with E-state index in [4.69, 9.17) is 0 Å². The van der Waals surface area contributed by atoms with Gasteiger partial charge in [0, 0.05) is 18.8 Å². The third-order valence-corrected chi connectivity index (χ3v) is 3.39. The zero-order valence-electron chi connectivity index (χ0n) is 10.3. The van der Waals surface area contributed by atoms with Crippen molar-refractivity contribution >= 4 is 17.5 Å². The maximum Gasteiger partial charge on any atom is 0.252 e. The molecule has 1 aliphatic carbocycles. The Morgan fingerprint density at radius 3 is 2.83 bits per heavy atom. The Morgan fingerprint density at radius 2 is 2.22 bits per heavy atom. The molecular formula is C12H16N4O2. The molecule has 1 saturated carbocycles. The van der Waals surface area contributed by atoms with Gasteiger partial charge in [0.05, 0.1) is 18.3 Å². The Morgan fingerprint density at radius 1 is 1.44 bits per heavy atom. The molecule has 0 bridgehead atoms. The third kappa shape index (κ3) is 1.87. The molecule has 6 nitrogen and oxygen atoms in total. The number of nitrogens with zero attached hydrogens (tertiary/aromatic N) is 3. The molecule has 96 valence electrons. The molecule has 0 radical (unpaired) electrons. The molecule has 2 amide bonds. The van der Waals surface area contributed by atoms with Gasteiger partial charge < -0.3 is 5.32 Å². The van der Waals surface area contributed by atoms with Crippen LogP contribution in [0.1, 0.15) is 26.2 Å². The minimum atomic E-state index is -0.424. The van der Waals surface area contributed by atoms with Gasteiger partial charge in [0.2, 0.25) is 5.91 Å². The highest BCUT2D eigenvalue weighted by Crippen LogP contribution is 2.32. The number of carbonyl (C=O) groups is 2. The molecule has 3 rings (SSSR count). The highest BCUT2D eigenvalue weighted by atomic mass is 16.2. The van der Waals surface area contributed by atoms with E-state index in [1.165, 1.54) is 4.90 Å². The second-order valence-electron chi connectivity index (χ2n) is 4.82. The number of aryl methyl sites for hydroxylation is 1. The van der Waals surface area contributed by atoms with Gasteiger partial charge in [-0.15, -0.1) is 0 Å². The van der Waals surface area contributed by atoms with Gasteiger partial charge in [-0.05, 0) is 19.8 Å². The van der Waals surface area contributed by atoms with Gasteiger partial charge in [0.1, 0.15) is 6.04 Å². The van der Waals surface area contributed by atoms with Crippen molar-refractivity contribution < 1.29 is 9.59 Å². The molecule has 1 unspecified atom stereocenters. The SMILES string of the molecule is CCn1cc(NC2CC(=O)N(C3CC3)C2=O)cn1. The van der Waals surface area contributed by atoms with Crippen molar-refractivity contribution in [1.82, 2.24) is 14.7 Å². The van der Waals surface area contributed by atoms with Gasteiger partial charge in [-0.1, -0.05) is 0 Å². The lowest BCUT2D eigenvalue weighted by atomic mass is 10.2. The van der Waals surface area contributed by atoms with Crippen LogP contribution in [-0.4, -0.2) is 38.6 Å². The minimum absolute atomic E-state index is 0.0529. The van der Waals surface area contributed by atoms with Crippen molar-refractivity contribution in [2.75, 3.05) is 5.32 Å². The van der Waals surface area contributed by atoms with Crippen LogP contribution in [0.25, 0.3) is 0 Å². The van der Waals surface area contributed by atoms with Crippen LogP contribution in [0.2, 0.25) is 0 Å². The number of rotatable bonds is 4. The zero-order valence-corrected chi connectivity index (χ0v) is 10.3. The molecule has 2 heterocycles. The lowest BCUT2D eigenvalue weighted by Gasteiger charge is -2.14. The molecule has 6 heteroatoms. The standard InChI is InChI=1S/C12H16N4O2/c1-2-15-7-8(6-13-15)14-10-5-11(17)16(12(10)18)9-3-4-9/h6-7,9-10,14H,2-5H2,1H3. The smallest absolute Gasteiger partial charge is 0.252 e. The van der Waals surface area contributed by atoms with Gasteiger partial charge >= 0.3 is 0 Å². The lowest BCUT2D eigenvalue weighted by molar-refractivity contribution is -0.139. The van der Waals surface area contributed by atoms with Crippen LogP contribution in [0, 0.1) is 0 Å². The first-order valence-corrected chi connectivity index (χ1v) is 6.34. The second-order valence-corrected chi connectivity index (χ2v) is 4.82. The first-order valence-electron chi connectivity index (χ1n) is 6.34. The fourth-order valence-electron chi connectivity index (χ4n) is 2.29. The molecule has 1 aromatic rings. The van der Waals surface area contributed by atoms with Gasteiger partial charge in [0.15, 0.2) is 0 Å². The van der Waals surface area contributed by atoms with E-state index >= 15 is 0 Å². The van der Waals surface area contributed by atoms with E-state index in [1.54, 1.807) is 10.9 Å². The molecule has 2 aliphatic rings. The fourth-order valence-corrected chi connectivity index (χ4v) is 2.29. The van der Waals surface area contributed by atoms with Gasteiger partial charge in [-0.25, -0.2) is 0 Å². The molecule has 1 aromatic heterocycles. The predicted molar refractivity (Wildman–Crippen MR) is 64.8 cm³/mol. The Balaban J connectivity index is 1.70. The van der Waals surface area contributed by atoms with Crippen LogP contribution in [0.4, 0.5) is 5.69 Å². The number of hydrogen-bond acceptors (Lipinski definition) is 4. The zero-order chi connectivity index (χ0) is 12.7. The number of hydrogen-bond donors (Lipinski definition) is 1. The second kappa shape index (κ2) is 4.12. The van der Waals surface area contributed by atoms with Crippen molar-refractivity contribution in [3.8, 4) is 0 Å². The molecule has 2 fully saturated rings. The van der Waals surface area contributed by atoms with Crippen LogP contribution in [0.3, 0.4) is 0 Å². The number of imide groups is 1. The van der Waals surface area contributed by atoms with Crippen LogP contribution in [0.15, 0.2) is 12.4 Å². The van der Waals surface area contributed by atoms with E-state index in [9.17, 15) is 9.59 Å². The summed E-state index contributed by atoms with van der Waals surface area (Å²) < 4.78 is 1.78. The summed E-state index contributed by atoms with van der Waals surface area (Å²) in [4.78, 5) is 25.3. The van der Waals surface area contributed by atoms with E-state index in [0.29, 0.717) is 0 Å². The maximum absolute atomic E-state index is 12.1. The number of likely N-dealkylation sites (tertiary alicyclic amines) is 1. The van der Waals surface area contributed by atoms with Crippen molar-refractivity contribution in [1.29, 1.82) is 0 Å². The molecule has 1 saturated heterocycles. The summed E-state index contributed by atoms with van der Waals surface area (Å²) in [5, 5.41) is 7.22. The monoisotopic (exact) mass is 248 g/mol. The van der Waals surface area contributed by atoms with Crippen LogP contribution >= 0.6 is 0 Å². The summed E-state index contributed by atoms with van der Waals surface area (Å²) in [6.45, 7) is 2.78. The summed E-state index contributed by atoms with van der Waals surface area (Å²) in [6.07, 6.45) is 5.70. The summed E-state index contributed by atoms with van der Waals surface area (Å²) in [7, 11) is 0. The topological polar surface area (TPSA) is 67.2 Å². The van der Waals surface area contributed by atoms with E-state index in [1.807, 2.05) is 13.1 Å². The van der Waals surface area contributed by atoms with Crippen LogP contribution in [0.5, 0.6) is 0 Å². The number of amides is 2. The average molecular weight is 248 g/mol. The summed E-state index contributed by atoms with van der Waals surface area (Å²) in [5.41, 5.74) is 0.792. The Hall–Kier alpha value is -1.85. The normalized spacial score (nSPS) is 23.8. The van der Waals surface area contributed by atoms with Crippen LogP contribution in [-0.2, 0) is 16.1 Å². The first kappa shape index (κ1) is 11.3. The van der Waals surface area contributed by atoms with Crippen molar-refractivity contribution in [2.45, 2.75) is 44.8 Å². The Labute approximate surface area is 105 Å². The van der Waals surface area contributed by atoms with E-state index in [-0.39, 0.29) is 24.3 Å². The molecule has 1 atom stereocenters. The molecule has 0 aromatic carbocycles.